The fourth-order valence-electron chi connectivity index (χ4n) is 2.20. The molecule has 0 radical (unpaired) electrons. The van der Waals surface area contributed by atoms with Gasteiger partial charge in [-0.3, -0.25) is 0 Å². The molecule has 0 amide bonds. The molecule has 3 nitrogen and oxygen atoms in total. The summed E-state index contributed by atoms with van der Waals surface area (Å²) in [6, 6.07) is 7.93. The normalized spacial score (nSPS) is 16.8. The highest BCUT2D eigenvalue weighted by atomic mass is 16.5. The van der Waals surface area contributed by atoms with Gasteiger partial charge in [-0.2, -0.15) is 0 Å². The molecule has 3 heteroatoms. The topological polar surface area (TPSA) is 38.3 Å². The Hall–Kier alpha value is -1.51. The summed E-state index contributed by atoms with van der Waals surface area (Å²) in [4.78, 5) is 12.0. The zero-order valence-corrected chi connectivity index (χ0v) is 11.1. The van der Waals surface area contributed by atoms with Gasteiger partial charge in [0.15, 0.2) is 0 Å². The van der Waals surface area contributed by atoms with Crippen molar-refractivity contribution in [3.8, 4) is 0 Å². The smallest absolute Gasteiger partial charge is 0.328 e. The van der Waals surface area contributed by atoms with Crippen molar-refractivity contribution in [3.63, 3.8) is 0 Å². The Balaban J connectivity index is 2.04. The zero-order valence-electron chi connectivity index (χ0n) is 11.1. The third-order valence-corrected chi connectivity index (χ3v) is 3.54. The van der Waals surface area contributed by atoms with E-state index < -0.39 is 0 Å². The van der Waals surface area contributed by atoms with Crippen LogP contribution in [-0.2, 0) is 9.53 Å². The molecule has 1 aromatic carbocycles. The van der Waals surface area contributed by atoms with Crippen molar-refractivity contribution in [2.45, 2.75) is 39.2 Å². The molecule has 1 aliphatic rings. The minimum Gasteiger partial charge on any atom is -0.464 e. The first-order valence-electron chi connectivity index (χ1n) is 6.70. The number of hydrogen-bond donors (Lipinski definition) is 1. The maximum atomic E-state index is 12.0. The summed E-state index contributed by atoms with van der Waals surface area (Å²) in [7, 11) is 0. The van der Waals surface area contributed by atoms with Crippen molar-refractivity contribution in [1.29, 1.82) is 0 Å². The van der Waals surface area contributed by atoms with Crippen LogP contribution in [0.25, 0.3) is 0 Å². The maximum absolute atomic E-state index is 12.0. The monoisotopic (exact) mass is 247 g/mol. The van der Waals surface area contributed by atoms with Gasteiger partial charge in [0.2, 0.25) is 0 Å². The summed E-state index contributed by atoms with van der Waals surface area (Å²) < 4.78 is 5.16. The number of esters is 1. The molecule has 1 unspecified atom stereocenters. The van der Waals surface area contributed by atoms with E-state index in [1.807, 2.05) is 31.2 Å². The Bertz CT molecular complexity index is 395. The van der Waals surface area contributed by atoms with Crippen LogP contribution in [0.15, 0.2) is 24.3 Å². The van der Waals surface area contributed by atoms with Gasteiger partial charge >= 0.3 is 5.97 Å². The third-order valence-electron chi connectivity index (χ3n) is 3.54. The molecule has 0 aromatic heterocycles. The predicted molar refractivity (Wildman–Crippen MR) is 72.6 cm³/mol. The van der Waals surface area contributed by atoms with Crippen molar-refractivity contribution in [1.82, 2.24) is 0 Å². The van der Waals surface area contributed by atoms with E-state index >= 15 is 0 Å². The van der Waals surface area contributed by atoms with Crippen LogP contribution in [0.5, 0.6) is 0 Å². The van der Waals surface area contributed by atoms with Gasteiger partial charge in [0.25, 0.3) is 0 Å². The minimum absolute atomic E-state index is 0.122. The van der Waals surface area contributed by atoms with Gasteiger partial charge in [-0.1, -0.05) is 24.1 Å². The maximum Gasteiger partial charge on any atom is 0.328 e. The van der Waals surface area contributed by atoms with Crippen LogP contribution < -0.4 is 5.32 Å². The number of rotatable bonds is 5. The van der Waals surface area contributed by atoms with Crippen molar-refractivity contribution in [3.05, 3.63) is 29.8 Å². The predicted octanol–water partition coefficient (Wildman–Crippen LogP) is 3.14. The van der Waals surface area contributed by atoms with Gasteiger partial charge < -0.3 is 10.1 Å². The van der Waals surface area contributed by atoms with Crippen LogP contribution >= 0.6 is 0 Å². The van der Waals surface area contributed by atoms with Gasteiger partial charge in [-0.05, 0) is 44.7 Å². The minimum atomic E-state index is -0.193. The summed E-state index contributed by atoms with van der Waals surface area (Å²) >= 11 is 0. The van der Waals surface area contributed by atoms with Crippen LogP contribution in [0.2, 0.25) is 0 Å². The fourth-order valence-corrected chi connectivity index (χ4v) is 2.20. The molecule has 1 aliphatic carbocycles. The SMILES string of the molecule is CCOC(=O)C(Nc1ccc(C)cc1)C1CCC1. The molecule has 1 atom stereocenters. The molecule has 1 N–H and O–H groups in total. The van der Waals surface area contributed by atoms with E-state index in [0.717, 1.165) is 18.5 Å². The second-order valence-electron chi connectivity index (χ2n) is 4.93. The Labute approximate surface area is 109 Å². The number of ether oxygens (including phenoxy) is 1. The third kappa shape index (κ3) is 3.03. The first-order valence-corrected chi connectivity index (χ1v) is 6.70. The van der Waals surface area contributed by atoms with E-state index in [0.29, 0.717) is 12.5 Å². The van der Waals surface area contributed by atoms with E-state index in [2.05, 4.69) is 12.2 Å². The van der Waals surface area contributed by atoms with Gasteiger partial charge in [0.1, 0.15) is 6.04 Å². The molecule has 0 spiro atoms. The highest BCUT2D eigenvalue weighted by molar-refractivity contribution is 5.79. The van der Waals surface area contributed by atoms with Gasteiger partial charge in [0.05, 0.1) is 6.61 Å². The number of carbonyl (C=O) groups is 1. The summed E-state index contributed by atoms with van der Waals surface area (Å²) in [5, 5.41) is 3.32. The summed E-state index contributed by atoms with van der Waals surface area (Å²) in [6.07, 6.45) is 3.45. The molecular weight excluding hydrogens is 226 g/mol. The highest BCUT2D eigenvalue weighted by Gasteiger charge is 2.33. The Morgan fingerprint density at radius 2 is 2.06 bits per heavy atom. The lowest BCUT2D eigenvalue weighted by molar-refractivity contribution is -0.146. The lowest BCUT2D eigenvalue weighted by Gasteiger charge is -2.33. The number of anilines is 1. The van der Waals surface area contributed by atoms with Gasteiger partial charge in [-0.25, -0.2) is 4.79 Å². The van der Waals surface area contributed by atoms with E-state index in [1.54, 1.807) is 0 Å². The highest BCUT2D eigenvalue weighted by Crippen LogP contribution is 2.32. The first-order chi connectivity index (χ1) is 8.70. The molecule has 0 bridgehead atoms. The lowest BCUT2D eigenvalue weighted by atomic mass is 9.79. The molecule has 18 heavy (non-hydrogen) atoms. The van der Waals surface area contributed by atoms with Crippen LogP contribution in [0, 0.1) is 12.8 Å². The zero-order chi connectivity index (χ0) is 13.0. The van der Waals surface area contributed by atoms with Crippen LogP contribution in [0.1, 0.15) is 31.7 Å². The average Bonchev–Trinajstić information content (AvgIpc) is 2.29. The van der Waals surface area contributed by atoms with E-state index in [-0.39, 0.29) is 12.0 Å². The summed E-state index contributed by atoms with van der Waals surface area (Å²) in [5.74, 6) is 0.299. The van der Waals surface area contributed by atoms with Crippen LogP contribution in [0.4, 0.5) is 5.69 Å². The average molecular weight is 247 g/mol. The van der Waals surface area contributed by atoms with Crippen LogP contribution in [-0.4, -0.2) is 18.6 Å². The van der Waals surface area contributed by atoms with Gasteiger partial charge in [0, 0.05) is 5.69 Å². The first kappa shape index (κ1) is 12.9. The molecule has 0 aliphatic heterocycles. The number of hydrogen-bond acceptors (Lipinski definition) is 3. The molecule has 0 heterocycles. The standard InChI is InChI=1S/C15H21NO2/c1-3-18-15(17)14(12-5-4-6-12)16-13-9-7-11(2)8-10-13/h7-10,12,14,16H,3-6H2,1-2H3. The summed E-state index contributed by atoms with van der Waals surface area (Å²) in [5.41, 5.74) is 2.21. The second kappa shape index (κ2) is 5.89. The van der Waals surface area contributed by atoms with Crippen molar-refractivity contribution < 1.29 is 9.53 Å². The number of carbonyl (C=O) groups excluding carboxylic acids is 1. The Kier molecular flexibility index (Phi) is 4.24. The Morgan fingerprint density at radius 3 is 2.56 bits per heavy atom. The number of benzene rings is 1. The van der Waals surface area contributed by atoms with Crippen molar-refractivity contribution in [2.24, 2.45) is 5.92 Å². The quantitative estimate of drug-likeness (QED) is 0.812. The molecule has 1 saturated carbocycles. The summed E-state index contributed by atoms with van der Waals surface area (Å²) in [6.45, 7) is 4.35. The number of nitrogens with one attached hydrogen (secondary N) is 1. The molecule has 0 saturated heterocycles. The Morgan fingerprint density at radius 1 is 1.39 bits per heavy atom. The van der Waals surface area contributed by atoms with E-state index in [4.69, 9.17) is 4.74 Å². The largest absolute Gasteiger partial charge is 0.464 e. The molecule has 2 rings (SSSR count). The van der Waals surface area contributed by atoms with Crippen LogP contribution in [0.3, 0.4) is 0 Å². The fraction of sp³-hybridized carbons (Fsp3) is 0.533. The lowest BCUT2D eigenvalue weighted by Crippen LogP contribution is -2.41. The molecule has 1 aromatic rings. The number of aryl methyl sites for hydroxylation is 1. The van der Waals surface area contributed by atoms with Crippen molar-refractivity contribution in [2.75, 3.05) is 11.9 Å². The molecular formula is C15H21NO2. The second-order valence-corrected chi connectivity index (χ2v) is 4.93. The van der Waals surface area contributed by atoms with Gasteiger partial charge in [-0.15, -0.1) is 0 Å². The van der Waals surface area contributed by atoms with E-state index in [1.165, 1.54) is 12.0 Å². The van der Waals surface area contributed by atoms with Crippen molar-refractivity contribution >= 4 is 11.7 Å². The molecule has 1 fully saturated rings. The van der Waals surface area contributed by atoms with E-state index in [9.17, 15) is 4.79 Å². The molecule has 98 valence electrons.